The molecule has 1 aliphatic heterocycles. The first-order chi connectivity index (χ1) is 15.1. The summed E-state index contributed by atoms with van der Waals surface area (Å²) in [5, 5.41) is 3.10. The van der Waals surface area contributed by atoms with Crippen molar-refractivity contribution in [3.63, 3.8) is 0 Å². The number of amides is 1. The number of methoxy groups -OCH3 is 2. The zero-order valence-electron chi connectivity index (χ0n) is 18.3. The molecule has 166 valence electrons. The van der Waals surface area contributed by atoms with Crippen LogP contribution in [-0.2, 0) is 11.3 Å². The highest BCUT2D eigenvalue weighted by atomic mass is 32.1. The summed E-state index contributed by atoms with van der Waals surface area (Å²) in [5.41, 5.74) is 2.76. The molecule has 0 saturated carbocycles. The number of ether oxygens (including phenoxy) is 3. The fourth-order valence-corrected chi connectivity index (χ4v) is 4.87. The molecule has 0 radical (unpaired) electrons. The van der Waals surface area contributed by atoms with E-state index in [2.05, 4.69) is 27.8 Å². The standard InChI is InChI=1S/C23H29N3O4S/c1-16-10-20-22(31-16)14-21(23(27)24-4-5-25-6-8-30-9-7-25)26(20)15-17-11-18(28-2)13-19(12-17)29-3/h10-14H,4-9,15H2,1-3H3,(H,24,27). The second-order valence-corrected chi connectivity index (χ2v) is 8.94. The average molecular weight is 444 g/mol. The summed E-state index contributed by atoms with van der Waals surface area (Å²) in [5.74, 6) is 1.41. The summed E-state index contributed by atoms with van der Waals surface area (Å²) in [6.45, 7) is 7.44. The summed E-state index contributed by atoms with van der Waals surface area (Å²) in [6, 6.07) is 9.94. The van der Waals surface area contributed by atoms with E-state index < -0.39 is 0 Å². The van der Waals surface area contributed by atoms with Gasteiger partial charge >= 0.3 is 0 Å². The van der Waals surface area contributed by atoms with Crippen molar-refractivity contribution in [1.82, 2.24) is 14.8 Å². The van der Waals surface area contributed by atoms with Gasteiger partial charge in [0.15, 0.2) is 0 Å². The van der Waals surface area contributed by atoms with Gasteiger partial charge < -0.3 is 24.1 Å². The Hall–Kier alpha value is -2.55. The molecule has 1 amide bonds. The van der Waals surface area contributed by atoms with E-state index in [-0.39, 0.29) is 5.91 Å². The summed E-state index contributed by atoms with van der Waals surface area (Å²) < 4.78 is 19.4. The normalized spacial score (nSPS) is 14.7. The SMILES string of the molecule is COc1cc(Cn2c(C(=O)NCCN3CCOCC3)cc3sc(C)cc32)cc(OC)c1. The minimum Gasteiger partial charge on any atom is -0.497 e. The van der Waals surface area contributed by atoms with Crippen molar-refractivity contribution in [2.45, 2.75) is 13.5 Å². The van der Waals surface area contributed by atoms with Crippen molar-refractivity contribution >= 4 is 27.5 Å². The molecule has 4 rings (SSSR count). The van der Waals surface area contributed by atoms with Gasteiger partial charge in [-0.25, -0.2) is 0 Å². The number of hydrogen-bond acceptors (Lipinski definition) is 6. The molecular formula is C23H29N3O4S. The number of hydrogen-bond donors (Lipinski definition) is 1. The van der Waals surface area contributed by atoms with Crippen LogP contribution in [0, 0.1) is 6.92 Å². The predicted octanol–water partition coefficient (Wildman–Crippen LogP) is 3.14. The van der Waals surface area contributed by atoms with Crippen LogP contribution in [0.1, 0.15) is 20.9 Å². The van der Waals surface area contributed by atoms with E-state index >= 15 is 0 Å². The van der Waals surface area contributed by atoms with Crippen LogP contribution < -0.4 is 14.8 Å². The van der Waals surface area contributed by atoms with Crippen LogP contribution in [0.4, 0.5) is 0 Å². The topological polar surface area (TPSA) is 65.0 Å². The van der Waals surface area contributed by atoms with Crippen LogP contribution in [0.5, 0.6) is 11.5 Å². The summed E-state index contributed by atoms with van der Waals surface area (Å²) in [4.78, 5) is 16.6. The molecule has 1 fully saturated rings. The molecule has 7 nitrogen and oxygen atoms in total. The Labute approximate surface area is 186 Å². The molecule has 0 spiro atoms. The number of thiophene rings is 1. The highest BCUT2D eigenvalue weighted by Gasteiger charge is 2.19. The maximum Gasteiger partial charge on any atom is 0.268 e. The van der Waals surface area contributed by atoms with Crippen molar-refractivity contribution in [3.05, 3.63) is 46.5 Å². The van der Waals surface area contributed by atoms with Gasteiger partial charge in [0.05, 0.1) is 37.6 Å². The van der Waals surface area contributed by atoms with E-state index in [1.165, 1.54) is 4.88 Å². The zero-order chi connectivity index (χ0) is 21.8. The molecular weight excluding hydrogens is 414 g/mol. The molecule has 1 saturated heterocycles. The Morgan fingerprint density at radius 2 is 1.81 bits per heavy atom. The Morgan fingerprint density at radius 1 is 1.10 bits per heavy atom. The molecule has 2 aromatic heterocycles. The Balaban J connectivity index is 1.56. The van der Waals surface area contributed by atoms with E-state index in [1.54, 1.807) is 25.6 Å². The minimum absolute atomic E-state index is 0.0517. The first-order valence-electron chi connectivity index (χ1n) is 10.5. The number of rotatable bonds is 8. The molecule has 1 aliphatic rings. The molecule has 8 heteroatoms. The average Bonchev–Trinajstić information content (AvgIpc) is 3.31. The van der Waals surface area contributed by atoms with Crippen molar-refractivity contribution in [1.29, 1.82) is 0 Å². The quantitative estimate of drug-likeness (QED) is 0.580. The lowest BCUT2D eigenvalue weighted by atomic mass is 10.2. The lowest BCUT2D eigenvalue weighted by molar-refractivity contribution is 0.0383. The molecule has 0 atom stereocenters. The maximum atomic E-state index is 13.1. The zero-order valence-corrected chi connectivity index (χ0v) is 19.1. The third-order valence-corrected chi connectivity index (χ3v) is 6.50. The first-order valence-corrected chi connectivity index (χ1v) is 11.3. The van der Waals surface area contributed by atoms with Gasteiger partial charge in [0.1, 0.15) is 17.2 Å². The van der Waals surface area contributed by atoms with Gasteiger partial charge in [0, 0.05) is 43.7 Å². The number of morpholine rings is 1. The van der Waals surface area contributed by atoms with Gasteiger partial charge in [-0.1, -0.05) is 0 Å². The fourth-order valence-electron chi connectivity index (χ4n) is 3.91. The Bertz CT molecular complexity index is 1030. The minimum atomic E-state index is -0.0517. The predicted molar refractivity (Wildman–Crippen MR) is 123 cm³/mol. The van der Waals surface area contributed by atoms with Crippen LogP contribution in [0.3, 0.4) is 0 Å². The Kier molecular flexibility index (Phi) is 6.80. The summed E-state index contributed by atoms with van der Waals surface area (Å²) in [7, 11) is 3.28. The number of aromatic nitrogens is 1. The second kappa shape index (κ2) is 9.72. The van der Waals surface area contributed by atoms with Crippen molar-refractivity contribution in [2.75, 3.05) is 53.6 Å². The monoisotopic (exact) mass is 443 g/mol. The number of aryl methyl sites for hydroxylation is 1. The van der Waals surface area contributed by atoms with Crippen molar-refractivity contribution in [2.24, 2.45) is 0 Å². The Morgan fingerprint density at radius 3 is 2.48 bits per heavy atom. The molecule has 1 aromatic carbocycles. The molecule has 3 aromatic rings. The van der Waals surface area contributed by atoms with Crippen LogP contribution in [0.15, 0.2) is 30.3 Å². The second-order valence-electron chi connectivity index (χ2n) is 7.65. The van der Waals surface area contributed by atoms with E-state index in [4.69, 9.17) is 14.2 Å². The van der Waals surface area contributed by atoms with Crippen molar-refractivity contribution < 1.29 is 19.0 Å². The summed E-state index contributed by atoms with van der Waals surface area (Å²) in [6.07, 6.45) is 0. The van der Waals surface area contributed by atoms with Gasteiger partial charge in [0.2, 0.25) is 0 Å². The van der Waals surface area contributed by atoms with Crippen LogP contribution >= 0.6 is 11.3 Å². The lowest BCUT2D eigenvalue weighted by Gasteiger charge is -2.26. The lowest BCUT2D eigenvalue weighted by Crippen LogP contribution is -2.41. The molecule has 1 N–H and O–H groups in total. The fraction of sp³-hybridized carbons (Fsp3) is 0.435. The van der Waals surface area contributed by atoms with E-state index in [0.29, 0.717) is 18.8 Å². The smallest absolute Gasteiger partial charge is 0.268 e. The van der Waals surface area contributed by atoms with E-state index in [0.717, 1.165) is 60.1 Å². The third kappa shape index (κ3) is 5.03. The number of nitrogens with zero attached hydrogens (tertiary/aromatic N) is 2. The number of fused-ring (bicyclic) bond motifs is 1. The van der Waals surface area contributed by atoms with Gasteiger partial charge in [-0.2, -0.15) is 0 Å². The van der Waals surface area contributed by atoms with Crippen LogP contribution in [-0.4, -0.2) is 69.0 Å². The van der Waals surface area contributed by atoms with Gasteiger partial charge in [-0.3, -0.25) is 9.69 Å². The molecule has 31 heavy (non-hydrogen) atoms. The molecule has 3 heterocycles. The third-order valence-electron chi connectivity index (χ3n) is 5.51. The van der Waals surface area contributed by atoms with Gasteiger partial charge in [-0.15, -0.1) is 11.3 Å². The first kappa shape index (κ1) is 21.7. The molecule has 0 bridgehead atoms. The molecule has 0 unspecified atom stereocenters. The van der Waals surface area contributed by atoms with Crippen LogP contribution in [0.2, 0.25) is 0 Å². The van der Waals surface area contributed by atoms with Gasteiger partial charge in [-0.05, 0) is 36.8 Å². The number of nitrogens with one attached hydrogen (secondary N) is 1. The van der Waals surface area contributed by atoms with E-state index in [1.807, 2.05) is 24.3 Å². The van der Waals surface area contributed by atoms with Crippen molar-refractivity contribution in [3.8, 4) is 11.5 Å². The van der Waals surface area contributed by atoms with Gasteiger partial charge in [0.25, 0.3) is 5.91 Å². The summed E-state index contributed by atoms with van der Waals surface area (Å²) >= 11 is 1.70. The largest absolute Gasteiger partial charge is 0.497 e. The molecule has 0 aliphatic carbocycles. The highest BCUT2D eigenvalue weighted by Crippen LogP contribution is 2.31. The van der Waals surface area contributed by atoms with Crippen LogP contribution in [0.25, 0.3) is 10.2 Å². The number of carbonyl (C=O) groups is 1. The number of benzene rings is 1. The van der Waals surface area contributed by atoms with E-state index in [9.17, 15) is 4.79 Å². The number of carbonyl (C=O) groups excluding carboxylic acids is 1. The highest BCUT2D eigenvalue weighted by molar-refractivity contribution is 7.19. The maximum absolute atomic E-state index is 13.1.